The van der Waals surface area contributed by atoms with Crippen molar-refractivity contribution in [3.05, 3.63) is 35.6 Å². The van der Waals surface area contributed by atoms with Crippen molar-refractivity contribution in [2.75, 3.05) is 0 Å². The van der Waals surface area contributed by atoms with E-state index in [1.165, 1.54) is 5.56 Å². The summed E-state index contributed by atoms with van der Waals surface area (Å²) in [6.07, 6.45) is 3.26. The van der Waals surface area contributed by atoms with Crippen molar-refractivity contribution in [3.8, 4) is 0 Å². The van der Waals surface area contributed by atoms with Crippen molar-refractivity contribution in [1.29, 1.82) is 0 Å². The zero-order valence-corrected chi connectivity index (χ0v) is 7.24. The highest BCUT2D eigenvalue weighted by molar-refractivity contribution is 5.23. The van der Waals surface area contributed by atoms with Gasteiger partial charge < -0.3 is 4.74 Å². The third-order valence-electron chi connectivity index (χ3n) is 3.06. The molecule has 0 amide bonds. The second-order valence-corrected chi connectivity index (χ2v) is 3.93. The summed E-state index contributed by atoms with van der Waals surface area (Å²) in [6.45, 7) is 0. The van der Waals surface area contributed by atoms with E-state index in [1.807, 2.05) is 12.1 Å². The van der Waals surface area contributed by atoms with E-state index in [4.69, 9.17) is 4.74 Å². The fourth-order valence-electron chi connectivity index (χ4n) is 2.26. The molecule has 2 aliphatic rings. The van der Waals surface area contributed by atoms with E-state index in [0.29, 0.717) is 18.1 Å². The van der Waals surface area contributed by atoms with Gasteiger partial charge in [0.25, 0.3) is 0 Å². The van der Waals surface area contributed by atoms with Crippen LogP contribution < -0.4 is 0 Å². The first-order chi connectivity index (χ1) is 6.33. The number of hydrogen-bond donors (Lipinski definition) is 0. The number of benzene rings is 1. The van der Waals surface area contributed by atoms with E-state index >= 15 is 0 Å². The van der Waals surface area contributed by atoms with E-state index < -0.39 is 0 Å². The molecule has 2 heteroatoms. The van der Waals surface area contributed by atoms with E-state index in [2.05, 4.69) is 0 Å². The molecule has 68 valence electrons. The Morgan fingerprint density at radius 2 is 1.69 bits per heavy atom. The minimum absolute atomic E-state index is 0.150. The maximum absolute atomic E-state index is 12.6. The van der Waals surface area contributed by atoms with Gasteiger partial charge in [0.05, 0.1) is 12.2 Å². The summed E-state index contributed by atoms with van der Waals surface area (Å²) >= 11 is 0. The molecule has 1 saturated heterocycles. The molecular weight excluding hydrogens is 167 g/mol. The molecule has 1 aromatic carbocycles. The van der Waals surface area contributed by atoms with Gasteiger partial charge in [-0.2, -0.15) is 0 Å². The molecular formula is C11H11FO. The molecule has 0 N–H and O–H groups in total. The first kappa shape index (κ1) is 7.51. The fourth-order valence-corrected chi connectivity index (χ4v) is 2.26. The molecule has 1 heterocycles. The van der Waals surface area contributed by atoms with Gasteiger partial charge in [0.15, 0.2) is 0 Å². The van der Waals surface area contributed by atoms with Crippen molar-refractivity contribution in [2.45, 2.75) is 31.0 Å². The van der Waals surface area contributed by atoms with Crippen LogP contribution in [0.2, 0.25) is 0 Å². The van der Waals surface area contributed by atoms with Crippen LogP contribution >= 0.6 is 0 Å². The summed E-state index contributed by atoms with van der Waals surface area (Å²) in [6, 6.07) is 6.87. The SMILES string of the molecule is Fc1ccc([C@@H]2C[C@@H]3O[C@@H]3C2)cc1. The topological polar surface area (TPSA) is 12.5 Å². The maximum Gasteiger partial charge on any atom is 0.123 e. The molecule has 0 spiro atoms. The quantitative estimate of drug-likeness (QED) is 0.602. The number of ether oxygens (including phenoxy) is 1. The van der Waals surface area contributed by atoms with Crippen molar-refractivity contribution in [2.24, 2.45) is 0 Å². The van der Waals surface area contributed by atoms with E-state index in [0.717, 1.165) is 12.8 Å². The summed E-state index contributed by atoms with van der Waals surface area (Å²) in [5.41, 5.74) is 1.26. The molecule has 3 rings (SSSR count). The molecule has 1 aliphatic carbocycles. The van der Waals surface area contributed by atoms with Crippen molar-refractivity contribution in [1.82, 2.24) is 0 Å². The van der Waals surface area contributed by atoms with E-state index in [-0.39, 0.29) is 5.82 Å². The number of fused-ring (bicyclic) bond motifs is 1. The Hall–Kier alpha value is -0.890. The van der Waals surface area contributed by atoms with Gasteiger partial charge in [-0.3, -0.25) is 0 Å². The fraction of sp³-hybridized carbons (Fsp3) is 0.455. The van der Waals surface area contributed by atoms with Gasteiger partial charge >= 0.3 is 0 Å². The Kier molecular flexibility index (Phi) is 1.47. The maximum atomic E-state index is 12.6. The summed E-state index contributed by atoms with van der Waals surface area (Å²) < 4.78 is 18.0. The number of rotatable bonds is 1. The molecule has 0 aromatic heterocycles. The van der Waals surface area contributed by atoms with Crippen LogP contribution in [-0.2, 0) is 4.74 Å². The van der Waals surface area contributed by atoms with Crippen LogP contribution in [0.15, 0.2) is 24.3 Å². The lowest BCUT2D eigenvalue weighted by molar-refractivity contribution is 0.304. The van der Waals surface area contributed by atoms with Gasteiger partial charge in [-0.25, -0.2) is 4.39 Å². The third kappa shape index (κ3) is 1.25. The summed E-state index contributed by atoms with van der Waals surface area (Å²) in [4.78, 5) is 0. The standard InChI is InChI=1S/C11H11FO/c12-9-3-1-7(2-4-9)8-5-10-11(6-8)13-10/h1-4,8,10-11H,5-6H2/t8-,10+,11-. The Morgan fingerprint density at radius 3 is 2.31 bits per heavy atom. The smallest absolute Gasteiger partial charge is 0.123 e. The van der Waals surface area contributed by atoms with Crippen LogP contribution in [0.4, 0.5) is 4.39 Å². The first-order valence-electron chi connectivity index (χ1n) is 4.74. The van der Waals surface area contributed by atoms with Crippen molar-refractivity contribution >= 4 is 0 Å². The van der Waals surface area contributed by atoms with Crippen LogP contribution in [0.3, 0.4) is 0 Å². The molecule has 1 aliphatic heterocycles. The number of halogens is 1. The third-order valence-corrected chi connectivity index (χ3v) is 3.06. The molecule has 0 bridgehead atoms. The highest BCUT2D eigenvalue weighted by Crippen LogP contribution is 2.46. The van der Waals surface area contributed by atoms with Crippen LogP contribution in [0.5, 0.6) is 0 Å². The highest BCUT2D eigenvalue weighted by Gasteiger charge is 2.48. The summed E-state index contributed by atoms with van der Waals surface area (Å²) in [7, 11) is 0. The normalized spacial score (nSPS) is 35.9. The monoisotopic (exact) mass is 178 g/mol. The first-order valence-corrected chi connectivity index (χ1v) is 4.74. The average Bonchev–Trinajstić information content (AvgIpc) is 2.75. The largest absolute Gasteiger partial charge is 0.370 e. The minimum atomic E-state index is -0.150. The van der Waals surface area contributed by atoms with Gasteiger partial charge in [0, 0.05) is 0 Å². The average molecular weight is 178 g/mol. The molecule has 2 fully saturated rings. The zero-order chi connectivity index (χ0) is 8.84. The zero-order valence-electron chi connectivity index (χ0n) is 7.24. The molecule has 1 aromatic rings. The van der Waals surface area contributed by atoms with Crippen LogP contribution in [-0.4, -0.2) is 12.2 Å². The van der Waals surface area contributed by atoms with E-state index in [9.17, 15) is 4.39 Å². The second-order valence-electron chi connectivity index (χ2n) is 3.93. The molecule has 1 saturated carbocycles. The predicted molar refractivity (Wildman–Crippen MR) is 47.0 cm³/mol. The summed E-state index contributed by atoms with van der Waals surface area (Å²) in [5.74, 6) is 0.451. The Balaban J connectivity index is 1.81. The molecule has 0 unspecified atom stereocenters. The van der Waals surface area contributed by atoms with Crippen LogP contribution in [0.25, 0.3) is 0 Å². The summed E-state index contributed by atoms with van der Waals surface area (Å²) in [5, 5.41) is 0. The molecule has 13 heavy (non-hydrogen) atoms. The molecule has 1 nitrogen and oxygen atoms in total. The van der Waals surface area contributed by atoms with Crippen LogP contribution in [0, 0.1) is 5.82 Å². The predicted octanol–water partition coefficient (Wildman–Crippen LogP) is 2.47. The van der Waals surface area contributed by atoms with Gasteiger partial charge in [-0.05, 0) is 36.5 Å². The van der Waals surface area contributed by atoms with Gasteiger partial charge in [0.1, 0.15) is 5.82 Å². The highest BCUT2D eigenvalue weighted by atomic mass is 19.1. The Bertz CT molecular complexity index is 309. The van der Waals surface area contributed by atoms with E-state index in [1.54, 1.807) is 12.1 Å². The minimum Gasteiger partial charge on any atom is -0.370 e. The number of epoxide rings is 1. The Labute approximate surface area is 76.5 Å². The van der Waals surface area contributed by atoms with Gasteiger partial charge in [-0.1, -0.05) is 12.1 Å². The van der Waals surface area contributed by atoms with Crippen LogP contribution in [0.1, 0.15) is 24.3 Å². The number of hydrogen-bond acceptors (Lipinski definition) is 1. The molecule has 3 atom stereocenters. The molecule has 0 radical (unpaired) electrons. The Morgan fingerprint density at radius 1 is 1.08 bits per heavy atom. The van der Waals surface area contributed by atoms with Crippen molar-refractivity contribution < 1.29 is 9.13 Å². The lowest BCUT2D eigenvalue weighted by Gasteiger charge is -2.10. The van der Waals surface area contributed by atoms with Gasteiger partial charge in [0.2, 0.25) is 0 Å². The lowest BCUT2D eigenvalue weighted by atomic mass is 9.97. The van der Waals surface area contributed by atoms with Crippen molar-refractivity contribution in [3.63, 3.8) is 0 Å². The van der Waals surface area contributed by atoms with Gasteiger partial charge in [-0.15, -0.1) is 0 Å². The second kappa shape index (κ2) is 2.55. The lowest BCUT2D eigenvalue weighted by Crippen LogP contribution is -1.97.